The average Bonchev–Trinajstić information content (AvgIpc) is 3.17. The Morgan fingerprint density at radius 2 is 2.00 bits per heavy atom. The van der Waals surface area contributed by atoms with Gasteiger partial charge in [0, 0.05) is 30.5 Å². The summed E-state index contributed by atoms with van der Waals surface area (Å²) in [6.45, 7) is 4.24. The highest BCUT2D eigenvalue weighted by molar-refractivity contribution is 5.94. The van der Waals surface area contributed by atoms with Crippen LogP contribution in [0.4, 0.5) is 0 Å². The van der Waals surface area contributed by atoms with E-state index in [0.717, 1.165) is 30.6 Å². The van der Waals surface area contributed by atoms with Gasteiger partial charge in [0.2, 0.25) is 0 Å². The molecule has 2 aromatic rings. The maximum absolute atomic E-state index is 12.6. The number of nitrogens with two attached hydrogens (primary N) is 1. The van der Waals surface area contributed by atoms with Crippen molar-refractivity contribution in [1.82, 2.24) is 14.7 Å². The molecule has 132 valence electrons. The first kappa shape index (κ1) is 20.5. The highest BCUT2D eigenvalue weighted by atomic mass is 35.5. The number of hydrogen-bond donors (Lipinski definition) is 1. The topological polar surface area (TPSA) is 64.2 Å². The quantitative estimate of drug-likeness (QED) is 0.899. The summed E-state index contributed by atoms with van der Waals surface area (Å²) in [4.78, 5) is 14.6. The number of hydrogen-bond acceptors (Lipinski definition) is 3. The molecule has 1 aromatic heterocycles. The van der Waals surface area contributed by atoms with Crippen LogP contribution in [0.3, 0.4) is 0 Å². The predicted octanol–water partition coefficient (Wildman–Crippen LogP) is 2.58. The van der Waals surface area contributed by atoms with Crippen LogP contribution in [0.5, 0.6) is 0 Å². The minimum Gasteiger partial charge on any atom is -0.336 e. The Balaban J connectivity index is 0.00000144. The fraction of sp³-hybridized carbons (Fsp3) is 0.412. The van der Waals surface area contributed by atoms with Crippen molar-refractivity contribution >= 4 is 30.7 Å². The SMILES string of the molecule is CC1CC(CN)CN1C(=O)c1ccc(Cn2cccn2)cc1.Cl.Cl. The smallest absolute Gasteiger partial charge is 0.254 e. The second-order valence-electron chi connectivity index (χ2n) is 6.04. The molecule has 2 heterocycles. The monoisotopic (exact) mass is 370 g/mol. The zero-order valence-electron chi connectivity index (χ0n) is 13.7. The summed E-state index contributed by atoms with van der Waals surface area (Å²) in [7, 11) is 0. The Labute approximate surface area is 155 Å². The summed E-state index contributed by atoms with van der Waals surface area (Å²) in [5.74, 6) is 0.534. The second kappa shape index (κ2) is 9.06. The number of halogens is 2. The lowest BCUT2D eigenvalue weighted by atomic mass is 10.1. The lowest BCUT2D eigenvalue weighted by Gasteiger charge is -2.21. The highest BCUT2D eigenvalue weighted by Crippen LogP contribution is 2.24. The molecule has 1 aromatic carbocycles. The third kappa shape index (κ3) is 4.50. The Hall–Kier alpha value is -1.56. The number of amides is 1. The van der Waals surface area contributed by atoms with Gasteiger partial charge in [-0.05, 0) is 49.6 Å². The molecule has 1 aliphatic rings. The number of rotatable bonds is 4. The number of carbonyl (C=O) groups excluding carboxylic acids is 1. The maximum atomic E-state index is 12.6. The van der Waals surface area contributed by atoms with E-state index in [1.807, 2.05) is 46.1 Å². The van der Waals surface area contributed by atoms with Crippen LogP contribution in [0.25, 0.3) is 0 Å². The average molecular weight is 371 g/mol. The molecule has 1 amide bonds. The van der Waals surface area contributed by atoms with Crippen molar-refractivity contribution in [3.63, 3.8) is 0 Å². The van der Waals surface area contributed by atoms with E-state index in [4.69, 9.17) is 5.73 Å². The van der Waals surface area contributed by atoms with Gasteiger partial charge in [0.05, 0.1) is 6.54 Å². The minimum atomic E-state index is 0. The highest BCUT2D eigenvalue weighted by Gasteiger charge is 2.31. The molecule has 24 heavy (non-hydrogen) atoms. The van der Waals surface area contributed by atoms with Crippen LogP contribution in [-0.2, 0) is 6.54 Å². The molecule has 1 aliphatic heterocycles. The van der Waals surface area contributed by atoms with Gasteiger partial charge in [-0.3, -0.25) is 9.48 Å². The lowest BCUT2D eigenvalue weighted by Crippen LogP contribution is -2.34. The summed E-state index contributed by atoms with van der Waals surface area (Å²) >= 11 is 0. The number of benzene rings is 1. The van der Waals surface area contributed by atoms with Gasteiger partial charge >= 0.3 is 0 Å². The first-order chi connectivity index (χ1) is 10.7. The largest absolute Gasteiger partial charge is 0.336 e. The molecule has 3 rings (SSSR count). The number of likely N-dealkylation sites (tertiary alicyclic amines) is 1. The summed E-state index contributed by atoms with van der Waals surface area (Å²) in [6, 6.07) is 9.98. The van der Waals surface area contributed by atoms with Crippen LogP contribution in [0.1, 0.15) is 29.3 Å². The molecule has 2 N–H and O–H groups in total. The van der Waals surface area contributed by atoms with Gasteiger partial charge < -0.3 is 10.6 Å². The third-order valence-electron chi connectivity index (χ3n) is 4.36. The van der Waals surface area contributed by atoms with Gasteiger partial charge in [0.25, 0.3) is 5.91 Å². The van der Waals surface area contributed by atoms with Crippen molar-refractivity contribution < 1.29 is 4.79 Å². The molecule has 0 radical (unpaired) electrons. The van der Waals surface area contributed by atoms with Gasteiger partial charge in [-0.1, -0.05) is 12.1 Å². The van der Waals surface area contributed by atoms with E-state index >= 15 is 0 Å². The van der Waals surface area contributed by atoms with E-state index in [0.29, 0.717) is 12.5 Å². The first-order valence-corrected chi connectivity index (χ1v) is 7.74. The number of carbonyl (C=O) groups is 1. The van der Waals surface area contributed by atoms with Gasteiger partial charge in [-0.15, -0.1) is 24.8 Å². The van der Waals surface area contributed by atoms with Crippen molar-refractivity contribution in [1.29, 1.82) is 0 Å². The third-order valence-corrected chi connectivity index (χ3v) is 4.36. The zero-order valence-corrected chi connectivity index (χ0v) is 15.3. The summed E-state index contributed by atoms with van der Waals surface area (Å²) in [6.07, 6.45) is 4.69. The molecule has 0 spiro atoms. The van der Waals surface area contributed by atoms with Gasteiger partial charge in [-0.25, -0.2) is 0 Å². The molecule has 7 heteroatoms. The van der Waals surface area contributed by atoms with Crippen LogP contribution >= 0.6 is 24.8 Å². The fourth-order valence-electron chi connectivity index (χ4n) is 3.10. The predicted molar refractivity (Wildman–Crippen MR) is 99.9 cm³/mol. The molecule has 2 atom stereocenters. The van der Waals surface area contributed by atoms with Crippen molar-refractivity contribution in [2.75, 3.05) is 13.1 Å². The Morgan fingerprint density at radius 1 is 1.29 bits per heavy atom. The normalized spacial score (nSPS) is 19.5. The van der Waals surface area contributed by atoms with E-state index in [2.05, 4.69) is 12.0 Å². The van der Waals surface area contributed by atoms with E-state index in [1.54, 1.807) is 6.20 Å². The lowest BCUT2D eigenvalue weighted by molar-refractivity contribution is 0.0743. The van der Waals surface area contributed by atoms with E-state index < -0.39 is 0 Å². The molecular formula is C17H24Cl2N4O. The van der Waals surface area contributed by atoms with Crippen LogP contribution in [0, 0.1) is 5.92 Å². The Kier molecular flexibility index (Phi) is 7.73. The maximum Gasteiger partial charge on any atom is 0.254 e. The number of aromatic nitrogens is 2. The molecule has 1 saturated heterocycles. The van der Waals surface area contributed by atoms with Crippen molar-refractivity contribution in [2.24, 2.45) is 11.7 Å². The summed E-state index contributed by atoms with van der Waals surface area (Å²) in [5.41, 5.74) is 7.61. The van der Waals surface area contributed by atoms with E-state index in [1.165, 1.54) is 0 Å². The standard InChI is InChI=1S/C17H22N4O.2ClH/c1-13-9-15(10-18)12-21(13)17(22)16-5-3-14(4-6-16)11-20-8-2-7-19-20;;/h2-8,13,15H,9-12,18H2,1H3;2*1H. The fourth-order valence-corrected chi connectivity index (χ4v) is 3.10. The van der Waals surface area contributed by atoms with Crippen molar-refractivity contribution in [3.05, 3.63) is 53.9 Å². The van der Waals surface area contributed by atoms with Crippen LogP contribution in [0.2, 0.25) is 0 Å². The molecule has 2 unspecified atom stereocenters. The van der Waals surface area contributed by atoms with Gasteiger partial charge in [0.15, 0.2) is 0 Å². The molecule has 0 aliphatic carbocycles. The zero-order chi connectivity index (χ0) is 15.5. The minimum absolute atomic E-state index is 0. The van der Waals surface area contributed by atoms with Crippen molar-refractivity contribution in [3.8, 4) is 0 Å². The first-order valence-electron chi connectivity index (χ1n) is 7.74. The Morgan fingerprint density at radius 3 is 2.54 bits per heavy atom. The Bertz CT molecular complexity index is 631. The van der Waals surface area contributed by atoms with Crippen LogP contribution in [-0.4, -0.2) is 39.7 Å². The molecule has 0 saturated carbocycles. The van der Waals surface area contributed by atoms with Gasteiger partial charge in [-0.2, -0.15) is 5.10 Å². The van der Waals surface area contributed by atoms with Gasteiger partial charge in [0.1, 0.15) is 0 Å². The van der Waals surface area contributed by atoms with E-state index in [9.17, 15) is 4.79 Å². The molecular weight excluding hydrogens is 347 g/mol. The van der Waals surface area contributed by atoms with Crippen LogP contribution in [0.15, 0.2) is 42.7 Å². The van der Waals surface area contributed by atoms with E-state index in [-0.39, 0.29) is 36.8 Å². The second-order valence-corrected chi connectivity index (χ2v) is 6.04. The van der Waals surface area contributed by atoms with Crippen molar-refractivity contribution in [2.45, 2.75) is 25.9 Å². The summed E-state index contributed by atoms with van der Waals surface area (Å²) < 4.78 is 1.87. The number of nitrogens with zero attached hydrogens (tertiary/aromatic N) is 3. The molecule has 0 bridgehead atoms. The van der Waals surface area contributed by atoms with Crippen LogP contribution < -0.4 is 5.73 Å². The summed E-state index contributed by atoms with van der Waals surface area (Å²) in [5, 5.41) is 4.19. The molecule has 5 nitrogen and oxygen atoms in total. The molecule has 1 fully saturated rings.